The molecular weight excluding hydrogens is 647 g/mol. The Balaban J connectivity index is 0.000000194. The Morgan fingerprint density at radius 2 is 0.860 bits per heavy atom. The van der Waals surface area contributed by atoms with Crippen molar-refractivity contribution in [1.82, 2.24) is 9.80 Å². The van der Waals surface area contributed by atoms with Crippen LogP contribution in [-0.2, 0) is 32.3 Å². The van der Waals surface area contributed by atoms with E-state index in [9.17, 15) is 38.3 Å². The molecule has 50 heavy (non-hydrogen) atoms. The predicted octanol–water partition coefficient (Wildman–Crippen LogP) is 4.53. The van der Waals surface area contributed by atoms with Gasteiger partial charge in [0, 0.05) is 0 Å². The van der Waals surface area contributed by atoms with Crippen molar-refractivity contribution in [3.8, 4) is 0 Å². The van der Waals surface area contributed by atoms with E-state index in [1.807, 2.05) is 48.5 Å². The van der Waals surface area contributed by atoms with Crippen LogP contribution in [0.4, 0.5) is 4.39 Å². The first kappa shape index (κ1) is 35.3. The SMILES string of the molecule is O=C(C[C@@H](CF)N1C(=O)c2ccccc2C1=O)OCc1ccccc1.O=C(C[C@@H](CO)N1C(=O)c2ccccc2C1=O)OCc1ccccc1. The molecule has 0 bridgehead atoms. The van der Waals surface area contributed by atoms with E-state index in [-0.39, 0.29) is 48.3 Å². The highest BCUT2D eigenvalue weighted by Crippen LogP contribution is 2.27. The lowest BCUT2D eigenvalue weighted by molar-refractivity contribution is -0.147. The van der Waals surface area contributed by atoms with Crippen LogP contribution in [0.2, 0.25) is 0 Å². The highest BCUT2D eigenvalue weighted by Gasteiger charge is 2.41. The van der Waals surface area contributed by atoms with Gasteiger partial charge in [-0.25, -0.2) is 4.39 Å². The number of esters is 2. The summed E-state index contributed by atoms with van der Waals surface area (Å²) < 4.78 is 23.7. The Hall–Kier alpha value is -6.01. The van der Waals surface area contributed by atoms with Gasteiger partial charge in [-0.15, -0.1) is 0 Å². The van der Waals surface area contributed by atoms with Crippen molar-refractivity contribution in [2.45, 2.75) is 38.1 Å². The molecule has 2 aliphatic rings. The first-order chi connectivity index (χ1) is 24.2. The maximum absolute atomic E-state index is 13.4. The molecule has 2 atom stereocenters. The van der Waals surface area contributed by atoms with Crippen LogP contribution in [0.25, 0.3) is 0 Å². The number of alkyl halides is 1. The molecule has 0 saturated heterocycles. The van der Waals surface area contributed by atoms with Crippen LogP contribution in [0, 0.1) is 0 Å². The first-order valence-electron chi connectivity index (χ1n) is 15.7. The van der Waals surface area contributed by atoms with Gasteiger partial charge in [-0.2, -0.15) is 0 Å². The fourth-order valence-electron chi connectivity index (χ4n) is 5.51. The van der Waals surface area contributed by atoms with Crippen LogP contribution in [0.15, 0.2) is 109 Å². The summed E-state index contributed by atoms with van der Waals surface area (Å²) in [6.07, 6.45) is -0.635. The summed E-state index contributed by atoms with van der Waals surface area (Å²) in [6.45, 7) is -1.36. The maximum atomic E-state index is 13.4. The molecular formula is C38H33FN2O9. The average molecular weight is 681 g/mol. The zero-order valence-corrected chi connectivity index (χ0v) is 26.8. The van der Waals surface area contributed by atoms with Gasteiger partial charge in [-0.05, 0) is 35.4 Å². The lowest BCUT2D eigenvalue weighted by atomic mass is 10.1. The Morgan fingerprint density at radius 1 is 0.540 bits per heavy atom. The quantitative estimate of drug-likeness (QED) is 0.168. The minimum Gasteiger partial charge on any atom is -0.461 e. The standard InChI is InChI=1S/C19H16FNO4.C19H17NO5/c20-11-14(10-17(22)25-12-13-6-2-1-3-7-13)21-18(23)15-8-4-5-9-16(15)19(21)24;21-11-14(10-17(22)25-12-13-6-2-1-3-7-13)20-18(23)15-8-4-5-9-16(15)19(20)24/h1-9,14H,10-12H2;1-9,14,21H,10-12H2/t2*14-/m00/s1. The molecule has 0 radical (unpaired) electrons. The molecule has 12 heteroatoms. The Bertz CT molecular complexity index is 1680. The number of carbonyl (C=O) groups is 6. The summed E-state index contributed by atoms with van der Waals surface area (Å²) in [5, 5.41) is 9.58. The third kappa shape index (κ3) is 7.99. The maximum Gasteiger partial charge on any atom is 0.308 e. The lowest BCUT2D eigenvalue weighted by Gasteiger charge is -2.23. The fourth-order valence-corrected chi connectivity index (χ4v) is 5.51. The van der Waals surface area contributed by atoms with E-state index >= 15 is 0 Å². The van der Waals surface area contributed by atoms with Crippen LogP contribution in [0.5, 0.6) is 0 Å². The number of benzene rings is 4. The number of imide groups is 2. The number of carbonyl (C=O) groups excluding carboxylic acids is 6. The van der Waals surface area contributed by atoms with E-state index in [2.05, 4.69) is 0 Å². The number of hydrogen-bond acceptors (Lipinski definition) is 9. The summed E-state index contributed by atoms with van der Waals surface area (Å²) in [5.41, 5.74) is 2.64. The van der Waals surface area contributed by atoms with Gasteiger partial charge >= 0.3 is 11.9 Å². The second-order valence-electron chi connectivity index (χ2n) is 11.4. The van der Waals surface area contributed by atoms with Gasteiger partial charge in [0.1, 0.15) is 19.9 Å². The second-order valence-corrected chi connectivity index (χ2v) is 11.4. The topological polar surface area (TPSA) is 148 Å². The normalized spacial score (nSPS) is 14.4. The van der Waals surface area contributed by atoms with Crippen molar-refractivity contribution in [2.75, 3.05) is 13.3 Å². The molecule has 0 aromatic heterocycles. The molecule has 4 aromatic carbocycles. The minimum absolute atomic E-state index is 0.0563. The molecule has 0 aliphatic carbocycles. The minimum atomic E-state index is -1.17. The summed E-state index contributed by atoms with van der Waals surface area (Å²) in [5.74, 6) is -3.42. The van der Waals surface area contributed by atoms with Crippen LogP contribution >= 0.6 is 0 Å². The number of nitrogens with zero attached hydrogens (tertiary/aromatic N) is 2. The highest BCUT2D eigenvalue weighted by atomic mass is 19.1. The number of amides is 4. The second kappa shape index (κ2) is 16.4. The van der Waals surface area contributed by atoms with E-state index in [4.69, 9.17) is 9.47 Å². The number of fused-ring (bicyclic) bond motifs is 2. The first-order valence-corrected chi connectivity index (χ1v) is 15.7. The van der Waals surface area contributed by atoms with Crippen molar-refractivity contribution < 1.29 is 47.7 Å². The molecule has 256 valence electrons. The summed E-state index contributed by atoms with van der Waals surface area (Å²) in [6, 6.07) is 28.8. The molecule has 0 unspecified atom stereocenters. The third-order valence-electron chi connectivity index (χ3n) is 8.06. The molecule has 11 nitrogen and oxygen atoms in total. The third-order valence-corrected chi connectivity index (χ3v) is 8.06. The van der Waals surface area contributed by atoms with E-state index in [1.165, 1.54) is 12.1 Å². The van der Waals surface area contributed by atoms with Crippen LogP contribution in [0.1, 0.15) is 65.4 Å². The lowest BCUT2D eigenvalue weighted by Crippen LogP contribution is -2.43. The van der Waals surface area contributed by atoms with Crippen molar-refractivity contribution in [3.63, 3.8) is 0 Å². The van der Waals surface area contributed by atoms with Crippen molar-refractivity contribution in [1.29, 1.82) is 0 Å². The molecule has 0 fully saturated rings. The van der Waals surface area contributed by atoms with Crippen molar-refractivity contribution >= 4 is 35.6 Å². The van der Waals surface area contributed by atoms with Crippen LogP contribution < -0.4 is 0 Å². The molecule has 6 rings (SSSR count). The Morgan fingerprint density at radius 3 is 1.20 bits per heavy atom. The largest absolute Gasteiger partial charge is 0.461 e. The van der Waals surface area contributed by atoms with Crippen molar-refractivity contribution in [3.05, 3.63) is 143 Å². The van der Waals surface area contributed by atoms with E-state index in [0.717, 1.165) is 20.9 Å². The number of hydrogen-bond donors (Lipinski definition) is 1. The van der Waals surface area contributed by atoms with Gasteiger partial charge in [0.2, 0.25) is 0 Å². The van der Waals surface area contributed by atoms with Gasteiger partial charge in [-0.1, -0.05) is 84.9 Å². The molecule has 1 N–H and O–H groups in total. The van der Waals surface area contributed by atoms with Gasteiger partial charge < -0.3 is 14.6 Å². The van der Waals surface area contributed by atoms with E-state index in [0.29, 0.717) is 0 Å². The smallest absolute Gasteiger partial charge is 0.308 e. The number of aliphatic hydroxyl groups is 1. The Labute approximate surface area is 286 Å². The fraction of sp³-hybridized carbons (Fsp3) is 0.211. The zero-order chi connectivity index (χ0) is 35.6. The summed E-state index contributed by atoms with van der Waals surface area (Å²) >= 11 is 0. The van der Waals surface area contributed by atoms with Crippen LogP contribution in [-0.4, -0.2) is 75.8 Å². The summed E-state index contributed by atoms with van der Waals surface area (Å²) in [7, 11) is 0. The number of aliphatic hydroxyl groups excluding tert-OH is 1. The predicted molar refractivity (Wildman–Crippen MR) is 176 cm³/mol. The molecule has 0 saturated carbocycles. The van der Waals surface area contributed by atoms with Gasteiger partial charge in [0.05, 0.1) is 53.8 Å². The molecule has 0 spiro atoms. The van der Waals surface area contributed by atoms with Gasteiger partial charge in [0.25, 0.3) is 23.6 Å². The van der Waals surface area contributed by atoms with Crippen molar-refractivity contribution in [2.24, 2.45) is 0 Å². The molecule has 2 heterocycles. The van der Waals surface area contributed by atoms with Crippen LogP contribution in [0.3, 0.4) is 0 Å². The number of halogens is 1. The van der Waals surface area contributed by atoms with Gasteiger partial charge in [-0.3, -0.25) is 38.6 Å². The highest BCUT2D eigenvalue weighted by molar-refractivity contribution is 6.22. The molecule has 2 aliphatic heterocycles. The van der Waals surface area contributed by atoms with E-state index < -0.39 is 60.9 Å². The number of ether oxygens (including phenoxy) is 2. The monoisotopic (exact) mass is 680 g/mol. The summed E-state index contributed by atoms with van der Waals surface area (Å²) in [4.78, 5) is 75.3. The molecule has 4 amide bonds. The number of rotatable bonds is 12. The zero-order valence-electron chi connectivity index (χ0n) is 26.8. The average Bonchev–Trinajstić information content (AvgIpc) is 3.56. The van der Waals surface area contributed by atoms with Gasteiger partial charge in [0.15, 0.2) is 0 Å². The molecule has 4 aromatic rings. The Kier molecular flexibility index (Phi) is 11.6. The van der Waals surface area contributed by atoms with E-state index in [1.54, 1.807) is 48.5 Å².